The molecule has 0 bridgehead atoms. The maximum Gasteiger partial charge on any atom is 0.233 e. The van der Waals surface area contributed by atoms with Crippen LogP contribution in [0.1, 0.15) is 43.6 Å². The molecule has 2 heterocycles. The number of sulfone groups is 1. The first-order valence-corrected chi connectivity index (χ1v) is 12.7. The molecule has 0 unspecified atom stereocenters. The van der Waals surface area contributed by atoms with Gasteiger partial charge in [0.05, 0.1) is 26.1 Å². The molecule has 31 heavy (non-hydrogen) atoms. The minimum Gasteiger partial charge on any atom is -0.381 e. The Morgan fingerprint density at radius 2 is 1.87 bits per heavy atom. The van der Waals surface area contributed by atoms with Crippen molar-refractivity contribution in [1.82, 2.24) is 4.98 Å². The summed E-state index contributed by atoms with van der Waals surface area (Å²) in [5.41, 5.74) is 0.692. The van der Waals surface area contributed by atoms with Gasteiger partial charge in [0.25, 0.3) is 0 Å². The smallest absolute Gasteiger partial charge is 0.233 e. The van der Waals surface area contributed by atoms with Gasteiger partial charge in [0, 0.05) is 19.4 Å². The number of hydrogen-bond acceptors (Lipinski definition) is 5. The van der Waals surface area contributed by atoms with E-state index in [1.165, 1.54) is 12.3 Å². The lowest BCUT2D eigenvalue weighted by atomic mass is 9.84. The Balaban J connectivity index is 1.60. The Bertz CT molecular complexity index is 1050. The zero-order valence-electron chi connectivity index (χ0n) is 16.9. The largest absolute Gasteiger partial charge is 0.381 e. The molecular weight excluding hydrogens is 459 g/mol. The monoisotopic (exact) mass is 482 g/mol. The Kier molecular flexibility index (Phi) is 6.86. The van der Waals surface area contributed by atoms with Gasteiger partial charge in [-0.1, -0.05) is 29.3 Å². The standard InChI is InChI=1S/C22H24Cl2N2O4S/c23-16-2-6-21(25-13-16)26-22(27)18(11-14-7-9-30-10-8-14)15-1-5-20(19(24)12-15)31(28,29)17-3-4-17/h1-2,5-6,12-14,17-18H,3-4,7-11H2,(H,25,26,27)/t18-/m1/s1. The second kappa shape index (κ2) is 9.45. The fourth-order valence-electron chi connectivity index (χ4n) is 3.90. The number of halogens is 2. The van der Waals surface area contributed by atoms with Crippen LogP contribution in [0.25, 0.3) is 0 Å². The number of carbonyl (C=O) groups is 1. The number of nitrogens with zero attached hydrogens (tertiary/aromatic N) is 1. The van der Waals surface area contributed by atoms with Crippen molar-refractivity contribution in [3.8, 4) is 0 Å². The maximum absolute atomic E-state index is 13.2. The van der Waals surface area contributed by atoms with Crippen LogP contribution in [-0.2, 0) is 19.4 Å². The van der Waals surface area contributed by atoms with Crippen LogP contribution >= 0.6 is 23.2 Å². The van der Waals surface area contributed by atoms with E-state index in [4.69, 9.17) is 27.9 Å². The third kappa shape index (κ3) is 5.40. The third-order valence-corrected chi connectivity index (χ3v) is 8.80. The van der Waals surface area contributed by atoms with E-state index >= 15 is 0 Å². The van der Waals surface area contributed by atoms with Crippen molar-refractivity contribution in [3.63, 3.8) is 0 Å². The molecule has 1 saturated heterocycles. The van der Waals surface area contributed by atoms with Gasteiger partial charge in [-0.25, -0.2) is 13.4 Å². The molecule has 2 fully saturated rings. The lowest BCUT2D eigenvalue weighted by Gasteiger charge is -2.26. The number of pyridine rings is 1. The van der Waals surface area contributed by atoms with Gasteiger partial charge in [0.1, 0.15) is 5.82 Å². The van der Waals surface area contributed by atoms with Crippen molar-refractivity contribution >= 4 is 44.8 Å². The van der Waals surface area contributed by atoms with Crippen LogP contribution in [0, 0.1) is 5.92 Å². The maximum atomic E-state index is 13.2. The summed E-state index contributed by atoms with van der Waals surface area (Å²) in [6.45, 7) is 1.36. The van der Waals surface area contributed by atoms with E-state index < -0.39 is 15.8 Å². The van der Waals surface area contributed by atoms with E-state index in [9.17, 15) is 13.2 Å². The first-order valence-electron chi connectivity index (χ1n) is 10.4. The van der Waals surface area contributed by atoms with Gasteiger partial charge < -0.3 is 10.1 Å². The number of nitrogens with one attached hydrogen (secondary N) is 1. The Morgan fingerprint density at radius 3 is 2.48 bits per heavy atom. The van der Waals surface area contributed by atoms with E-state index in [-0.39, 0.29) is 21.1 Å². The SMILES string of the molecule is O=C(Nc1ccc(Cl)cn1)[C@H](CC1CCOCC1)c1ccc(S(=O)(=O)C2CC2)c(Cl)c1. The van der Waals surface area contributed by atoms with Crippen molar-refractivity contribution in [2.24, 2.45) is 5.92 Å². The summed E-state index contributed by atoms with van der Waals surface area (Å²) in [6, 6.07) is 8.17. The number of ether oxygens (including phenoxy) is 1. The number of hydrogen-bond donors (Lipinski definition) is 1. The molecule has 1 saturated carbocycles. The quantitative estimate of drug-likeness (QED) is 0.608. The first kappa shape index (κ1) is 22.5. The van der Waals surface area contributed by atoms with Gasteiger partial charge >= 0.3 is 0 Å². The summed E-state index contributed by atoms with van der Waals surface area (Å²) in [4.78, 5) is 17.5. The fourth-order valence-corrected chi connectivity index (χ4v) is 6.22. The second-order valence-corrected chi connectivity index (χ2v) is 11.2. The minimum atomic E-state index is -3.41. The van der Waals surface area contributed by atoms with Crippen LogP contribution in [0.15, 0.2) is 41.4 Å². The van der Waals surface area contributed by atoms with E-state index in [1.54, 1.807) is 24.3 Å². The van der Waals surface area contributed by atoms with Crippen LogP contribution in [0.4, 0.5) is 5.82 Å². The van der Waals surface area contributed by atoms with Crippen LogP contribution in [0.2, 0.25) is 10.0 Å². The number of carbonyl (C=O) groups excluding carboxylic acids is 1. The molecular formula is C22H24Cl2N2O4S. The minimum absolute atomic E-state index is 0.144. The molecule has 9 heteroatoms. The summed E-state index contributed by atoms with van der Waals surface area (Å²) >= 11 is 12.3. The Morgan fingerprint density at radius 1 is 1.13 bits per heavy atom. The number of rotatable bonds is 7. The summed E-state index contributed by atoms with van der Waals surface area (Å²) in [5.74, 6) is 0.0349. The van der Waals surface area contributed by atoms with E-state index in [1.807, 2.05) is 0 Å². The highest BCUT2D eigenvalue weighted by Gasteiger charge is 2.38. The zero-order valence-corrected chi connectivity index (χ0v) is 19.2. The highest BCUT2D eigenvalue weighted by atomic mass is 35.5. The van der Waals surface area contributed by atoms with Crippen LogP contribution in [-0.4, -0.2) is 37.8 Å². The summed E-state index contributed by atoms with van der Waals surface area (Å²) < 4.78 is 30.7. The molecule has 1 aliphatic carbocycles. The highest BCUT2D eigenvalue weighted by molar-refractivity contribution is 7.92. The normalized spacial score (nSPS) is 18.5. The van der Waals surface area contributed by atoms with Crippen LogP contribution in [0.5, 0.6) is 0 Å². The number of benzene rings is 1. The highest BCUT2D eigenvalue weighted by Crippen LogP contribution is 2.38. The predicted molar refractivity (Wildman–Crippen MR) is 120 cm³/mol. The molecule has 1 aromatic carbocycles. The van der Waals surface area contributed by atoms with Crippen molar-refractivity contribution in [2.75, 3.05) is 18.5 Å². The number of aromatic nitrogens is 1. The van der Waals surface area contributed by atoms with Crippen molar-refractivity contribution in [2.45, 2.75) is 48.2 Å². The Hall–Kier alpha value is -1.67. The molecule has 166 valence electrons. The fraction of sp³-hybridized carbons (Fsp3) is 0.455. The van der Waals surface area contributed by atoms with Crippen molar-refractivity contribution in [3.05, 3.63) is 52.1 Å². The van der Waals surface area contributed by atoms with E-state index in [0.29, 0.717) is 54.8 Å². The predicted octanol–water partition coefficient (Wildman–Crippen LogP) is 4.86. The lowest BCUT2D eigenvalue weighted by Crippen LogP contribution is -2.26. The molecule has 6 nitrogen and oxygen atoms in total. The van der Waals surface area contributed by atoms with Gasteiger partial charge in [-0.05, 0) is 67.9 Å². The molecule has 1 amide bonds. The van der Waals surface area contributed by atoms with Crippen LogP contribution < -0.4 is 5.32 Å². The van der Waals surface area contributed by atoms with Crippen molar-refractivity contribution in [1.29, 1.82) is 0 Å². The van der Waals surface area contributed by atoms with Gasteiger partial charge in [-0.3, -0.25) is 4.79 Å². The molecule has 0 radical (unpaired) electrons. The first-order chi connectivity index (χ1) is 14.8. The van der Waals surface area contributed by atoms with Crippen LogP contribution in [0.3, 0.4) is 0 Å². The number of anilines is 1. The zero-order chi connectivity index (χ0) is 22.0. The molecule has 2 aromatic rings. The summed E-state index contributed by atoms with van der Waals surface area (Å²) in [7, 11) is -3.41. The molecule has 4 rings (SSSR count). The molecule has 0 spiro atoms. The summed E-state index contributed by atoms with van der Waals surface area (Å²) in [5, 5.41) is 3.16. The molecule has 1 N–H and O–H groups in total. The van der Waals surface area contributed by atoms with Gasteiger partial charge in [0.2, 0.25) is 5.91 Å². The molecule has 1 aromatic heterocycles. The summed E-state index contributed by atoms with van der Waals surface area (Å²) in [6.07, 6.45) is 5.19. The van der Waals surface area contributed by atoms with Gasteiger partial charge in [-0.2, -0.15) is 0 Å². The molecule has 2 aliphatic rings. The average molecular weight is 483 g/mol. The topological polar surface area (TPSA) is 85.4 Å². The Labute approximate surface area is 192 Å². The average Bonchev–Trinajstić information content (AvgIpc) is 3.60. The molecule has 1 atom stereocenters. The lowest BCUT2D eigenvalue weighted by molar-refractivity contribution is -0.118. The van der Waals surface area contributed by atoms with E-state index in [0.717, 1.165) is 12.8 Å². The number of amides is 1. The van der Waals surface area contributed by atoms with Gasteiger partial charge in [-0.15, -0.1) is 0 Å². The molecule has 1 aliphatic heterocycles. The van der Waals surface area contributed by atoms with Crippen molar-refractivity contribution < 1.29 is 17.9 Å². The van der Waals surface area contributed by atoms with E-state index in [2.05, 4.69) is 10.3 Å². The van der Waals surface area contributed by atoms with Gasteiger partial charge in [0.15, 0.2) is 9.84 Å². The second-order valence-electron chi connectivity index (χ2n) is 8.13. The third-order valence-electron chi connectivity index (χ3n) is 5.83.